The molecule has 31 heavy (non-hydrogen) atoms. The number of halogens is 1. The van der Waals surface area contributed by atoms with Crippen LogP contribution in [0, 0.1) is 0 Å². The highest BCUT2D eigenvalue weighted by Gasteiger charge is 2.52. The van der Waals surface area contributed by atoms with E-state index >= 15 is 0 Å². The third-order valence-corrected chi connectivity index (χ3v) is 5.52. The first-order chi connectivity index (χ1) is 14.1. The summed E-state index contributed by atoms with van der Waals surface area (Å²) in [5.74, 6) is -0.971. The first-order valence-corrected chi connectivity index (χ1v) is 10.5. The number of carbonyl (C=O) groups excluding carboxylic acids is 1. The van der Waals surface area contributed by atoms with Crippen LogP contribution in [0.2, 0.25) is 5.02 Å². The fraction of sp³-hybridized carbons (Fsp3) is 0.545. The third-order valence-electron chi connectivity index (χ3n) is 5.16. The van der Waals surface area contributed by atoms with Gasteiger partial charge in [-0.1, -0.05) is 23.7 Å². The molecule has 0 aliphatic carbocycles. The molecule has 0 bridgehead atoms. The number of carboxylic acid groups (broad SMARTS) is 1. The number of amides is 1. The summed E-state index contributed by atoms with van der Waals surface area (Å²) in [6.45, 7) is 13.3. The normalized spacial score (nSPS) is 18.1. The Hall–Kier alpha value is -2.03. The third kappa shape index (κ3) is 6.99. The Morgan fingerprint density at radius 2 is 1.77 bits per heavy atom. The number of alkyl carbamates (subject to hydrolysis) is 1. The molecule has 0 radical (unpaired) electrons. The molecule has 170 valence electrons. The van der Waals surface area contributed by atoms with Crippen molar-refractivity contribution in [2.45, 2.75) is 71.7 Å². The predicted molar refractivity (Wildman–Crippen MR) is 121 cm³/mol. The number of hydrogen-bond acceptors (Lipinski definition) is 5. The molecule has 1 heterocycles. The molecule has 0 atom stereocenters. The summed E-state index contributed by atoms with van der Waals surface area (Å²) < 4.78 is 17.6. The number of benzene rings is 1. The number of carbonyl (C=O) groups is 2. The molecule has 1 amide bonds. The van der Waals surface area contributed by atoms with E-state index in [-0.39, 0.29) is 13.0 Å². The van der Waals surface area contributed by atoms with Crippen molar-refractivity contribution in [3.05, 3.63) is 39.8 Å². The van der Waals surface area contributed by atoms with E-state index in [2.05, 4.69) is 5.32 Å². The van der Waals surface area contributed by atoms with Gasteiger partial charge in [0.05, 0.1) is 17.6 Å². The summed E-state index contributed by atoms with van der Waals surface area (Å²) in [5.41, 5.74) is 0.134. The highest BCUT2D eigenvalue weighted by molar-refractivity contribution is 6.56. The van der Waals surface area contributed by atoms with Gasteiger partial charge in [0.25, 0.3) is 0 Å². The lowest BCUT2D eigenvalue weighted by atomic mass is 9.77. The number of nitrogens with one attached hydrogen (secondary N) is 1. The van der Waals surface area contributed by atoms with Gasteiger partial charge in [0.15, 0.2) is 0 Å². The van der Waals surface area contributed by atoms with Gasteiger partial charge < -0.3 is 24.5 Å². The van der Waals surface area contributed by atoms with Crippen LogP contribution < -0.4 is 5.32 Å². The molecular formula is C22H31BClNO6. The van der Waals surface area contributed by atoms with Crippen LogP contribution in [0.3, 0.4) is 0 Å². The van der Waals surface area contributed by atoms with Crippen molar-refractivity contribution in [2.24, 2.45) is 0 Å². The maximum absolute atomic E-state index is 12.2. The van der Waals surface area contributed by atoms with E-state index in [1.54, 1.807) is 45.0 Å². The Morgan fingerprint density at radius 1 is 1.19 bits per heavy atom. The molecule has 0 aromatic heterocycles. The Morgan fingerprint density at radius 3 is 2.29 bits per heavy atom. The van der Waals surface area contributed by atoms with E-state index in [0.717, 1.165) is 5.56 Å². The topological polar surface area (TPSA) is 94.1 Å². The monoisotopic (exact) mass is 451 g/mol. The summed E-state index contributed by atoms with van der Waals surface area (Å²) in [6.07, 6.45) is 1.06. The zero-order valence-corrected chi connectivity index (χ0v) is 19.9. The van der Waals surface area contributed by atoms with Crippen LogP contribution >= 0.6 is 11.6 Å². The second kappa shape index (κ2) is 9.22. The smallest absolute Gasteiger partial charge is 0.481 e. The van der Waals surface area contributed by atoms with Gasteiger partial charge >= 0.3 is 19.2 Å². The molecule has 9 heteroatoms. The standard InChI is InChI=1S/C22H31BClNO6/c1-20(2,3)29-19(28)25-13-16(23-30-21(4,5)22(6,7)31-23)11-14-8-9-17(24)15(10-14)12-18(26)27/h8-11H,12-13H2,1-7H3,(H,25,28)(H,26,27). The highest BCUT2D eigenvalue weighted by atomic mass is 35.5. The zero-order valence-electron chi connectivity index (χ0n) is 19.2. The van der Waals surface area contributed by atoms with Gasteiger partial charge in [-0.05, 0) is 77.2 Å². The Bertz CT molecular complexity index is 859. The predicted octanol–water partition coefficient (Wildman–Crippen LogP) is 4.51. The molecule has 1 aromatic rings. The van der Waals surface area contributed by atoms with Crippen LogP contribution in [0.1, 0.15) is 59.6 Å². The number of carboxylic acids is 1. The van der Waals surface area contributed by atoms with Gasteiger partial charge in [0.2, 0.25) is 0 Å². The lowest BCUT2D eigenvalue weighted by molar-refractivity contribution is -0.136. The average molecular weight is 452 g/mol. The Kier molecular flexibility index (Phi) is 7.51. The number of ether oxygens (including phenoxy) is 1. The summed E-state index contributed by atoms with van der Waals surface area (Å²) in [7, 11) is -0.696. The van der Waals surface area contributed by atoms with Gasteiger partial charge in [-0.15, -0.1) is 0 Å². The first-order valence-electron chi connectivity index (χ1n) is 10.1. The molecule has 0 spiro atoms. The molecule has 0 unspecified atom stereocenters. The van der Waals surface area contributed by atoms with Crippen molar-refractivity contribution in [1.29, 1.82) is 0 Å². The molecule has 7 nitrogen and oxygen atoms in total. The maximum Gasteiger partial charge on any atom is 0.492 e. The Balaban J connectivity index is 2.34. The fourth-order valence-electron chi connectivity index (χ4n) is 2.88. The van der Waals surface area contributed by atoms with E-state index in [1.807, 2.05) is 27.7 Å². The second-order valence-corrected chi connectivity index (χ2v) is 9.99. The lowest BCUT2D eigenvalue weighted by Gasteiger charge is -2.32. The maximum atomic E-state index is 12.2. The average Bonchev–Trinajstić information content (AvgIpc) is 2.80. The molecule has 1 aliphatic rings. The van der Waals surface area contributed by atoms with Crippen molar-refractivity contribution < 1.29 is 28.7 Å². The van der Waals surface area contributed by atoms with Crippen LogP contribution in [0.15, 0.2) is 23.7 Å². The summed E-state index contributed by atoms with van der Waals surface area (Å²) >= 11 is 6.14. The van der Waals surface area contributed by atoms with Gasteiger partial charge in [0, 0.05) is 11.6 Å². The van der Waals surface area contributed by atoms with Crippen molar-refractivity contribution in [2.75, 3.05) is 6.54 Å². The van der Waals surface area contributed by atoms with Crippen molar-refractivity contribution in [3.8, 4) is 0 Å². The quantitative estimate of drug-likeness (QED) is 0.618. The molecule has 0 saturated carbocycles. The Labute approximate surface area is 189 Å². The summed E-state index contributed by atoms with van der Waals surface area (Å²) in [5, 5.41) is 12.2. The van der Waals surface area contributed by atoms with Crippen molar-refractivity contribution in [3.63, 3.8) is 0 Å². The van der Waals surface area contributed by atoms with Crippen molar-refractivity contribution >= 4 is 36.9 Å². The van der Waals surface area contributed by atoms with E-state index in [1.165, 1.54) is 0 Å². The van der Waals surface area contributed by atoms with Crippen LogP contribution in [0.25, 0.3) is 6.08 Å². The van der Waals surface area contributed by atoms with Crippen LogP contribution in [0.5, 0.6) is 0 Å². The van der Waals surface area contributed by atoms with E-state index in [0.29, 0.717) is 16.1 Å². The summed E-state index contributed by atoms with van der Waals surface area (Å²) in [6, 6.07) is 5.12. The van der Waals surface area contributed by atoms with E-state index in [9.17, 15) is 9.59 Å². The molecule has 1 fully saturated rings. The minimum Gasteiger partial charge on any atom is -0.481 e. The molecule has 2 rings (SSSR count). The SMILES string of the molecule is CC(C)(C)OC(=O)NCC(=Cc1ccc(Cl)c(CC(=O)O)c1)B1OC(C)(C)C(C)(C)O1. The number of aliphatic carboxylic acids is 1. The summed E-state index contributed by atoms with van der Waals surface area (Å²) in [4.78, 5) is 23.3. The lowest BCUT2D eigenvalue weighted by Crippen LogP contribution is -2.41. The van der Waals surface area contributed by atoms with Gasteiger partial charge in [-0.2, -0.15) is 0 Å². The van der Waals surface area contributed by atoms with E-state index in [4.69, 9.17) is 30.8 Å². The minimum atomic E-state index is -0.971. The highest BCUT2D eigenvalue weighted by Crippen LogP contribution is 2.38. The fourth-order valence-corrected chi connectivity index (χ4v) is 3.07. The number of hydrogen-bond donors (Lipinski definition) is 2. The molecular weight excluding hydrogens is 421 g/mol. The van der Waals surface area contributed by atoms with E-state index < -0.39 is 36.0 Å². The van der Waals surface area contributed by atoms with Gasteiger partial charge in [0.1, 0.15) is 5.60 Å². The molecule has 1 saturated heterocycles. The van der Waals surface area contributed by atoms with Crippen LogP contribution in [0.4, 0.5) is 4.79 Å². The molecule has 2 N–H and O–H groups in total. The second-order valence-electron chi connectivity index (χ2n) is 9.58. The first kappa shape index (κ1) is 25.2. The minimum absolute atomic E-state index is 0.128. The molecule has 1 aliphatic heterocycles. The van der Waals surface area contributed by atoms with Crippen LogP contribution in [-0.4, -0.2) is 47.6 Å². The zero-order chi connectivity index (χ0) is 23.6. The number of rotatable bonds is 6. The van der Waals surface area contributed by atoms with Gasteiger partial charge in [-0.25, -0.2) is 4.79 Å². The van der Waals surface area contributed by atoms with Crippen molar-refractivity contribution in [1.82, 2.24) is 5.32 Å². The van der Waals surface area contributed by atoms with Gasteiger partial charge in [-0.3, -0.25) is 4.79 Å². The molecule has 1 aromatic carbocycles. The van der Waals surface area contributed by atoms with Crippen LogP contribution in [-0.2, 0) is 25.3 Å². The largest absolute Gasteiger partial charge is 0.492 e.